The first-order valence-corrected chi connectivity index (χ1v) is 8.28. The maximum atomic E-state index is 12.8. The number of hydrogen-bond donors (Lipinski definition) is 2. The van der Waals surface area contributed by atoms with Crippen LogP contribution in [0.25, 0.3) is 0 Å². The largest absolute Gasteiger partial charge is 0.360 e. The molecule has 2 rings (SSSR count). The SMILES string of the molecule is Cc1cc(NC(=O)C(C)(C)C(=O)Nc2c(C)cccc2C(C)C)no1. The quantitative estimate of drug-likeness (QED) is 0.803. The first-order chi connectivity index (χ1) is 11.6. The van der Waals surface area contributed by atoms with Gasteiger partial charge in [0.15, 0.2) is 5.82 Å². The Kier molecular flexibility index (Phi) is 5.30. The number of amides is 2. The van der Waals surface area contributed by atoms with Crippen LogP contribution in [0.15, 0.2) is 28.8 Å². The third-order valence-corrected chi connectivity index (χ3v) is 4.17. The standard InChI is InChI=1S/C19H25N3O3/c1-11(2)14-9-7-8-12(3)16(14)21-18(24)19(5,6)17(23)20-15-10-13(4)25-22-15/h7-11H,1-6H3,(H,21,24)(H,20,22,23). The van der Waals surface area contributed by atoms with E-state index in [0.717, 1.165) is 16.8 Å². The Bertz CT molecular complexity index is 791. The van der Waals surface area contributed by atoms with E-state index in [9.17, 15) is 9.59 Å². The van der Waals surface area contributed by atoms with E-state index >= 15 is 0 Å². The highest BCUT2D eigenvalue weighted by Crippen LogP contribution is 2.29. The van der Waals surface area contributed by atoms with Gasteiger partial charge < -0.3 is 15.2 Å². The smallest absolute Gasteiger partial charge is 0.240 e. The second-order valence-corrected chi connectivity index (χ2v) is 7.05. The highest BCUT2D eigenvalue weighted by atomic mass is 16.5. The van der Waals surface area contributed by atoms with Crippen LogP contribution in [-0.2, 0) is 9.59 Å². The molecule has 0 fully saturated rings. The van der Waals surface area contributed by atoms with Crippen LogP contribution in [0.1, 0.15) is 50.5 Å². The molecule has 0 aliphatic rings. The molecule has 6 nitrogen and oxygen atoms in total. The van der Waals surface area contributed by atoms with E-state index < -0.39 is 11.3 Å². The maximum Gasteiger partial charge on any atom is 0.240 e. The predicted octanol–water partition coefficient (Wildman–Crippen LogP) is 4.02. The van der Waals surface area contributed by atoms with Gasteiger partial charge in [-0.15, -0.1) is 0 Å². The van der Waals surface area contributed by atoms with Crippen LogP contribution in [0.4, 0.5) is 11.5 Å². The van der Waals surface area contributed by atoms with Gasteiger partial charge in [0, 0.05) is 11.8 Å². The molecule has 134 valence electrons. The van der Waals surface area contributed by atoms with Gasteiger partial charge in [-0.2, -0.15) is 0 Å². The Hall–Kier alpha value is -2.63. The van der Waals surface area contributed by atoms with Crippen molar-refractivity contribution in [1.29, 1.82) is 0 Å². The fraction of sp³-hybridized carbons (Fsp3) is 0.421. The number of aryl methyl sites for hydroxylation is 2. The molecule has 0 aliphatic heterocycles. The molecule has 0 bridgehead atoms. The number of carbonyl (C=O) groups is 2. The van der Waals surface area contributed by atoms with Gasteiger partial charge in [0.05, 0.1) is 0 Å². The summed E-state index contributed by atoms with van der Waals surface area (Å²) in [7, 11) is 0. The van der Waals surface area contributed by atoms with Crippen molar-refractivity contribution in [3.63, 3.8) is 0 Å². The Balaban J connectivity index is 2.20. The molecular formula is C19H25N3O3. The van der Waals surface area contributed by atoms with Crippen LogP contribution >= 0.6 is 0 Å². The Morgan fingerprint density at radius 1 is 1.12 bits per heavy atom. The minimum Gasteiger partial charge on any atom is -0.360 e. The summed E-state index contributed by atoms with van der Waals surface area (Å²) in [5.41, 5.74) is 1.49. The van der Waals surface area contributed by atoms with E-state index in [4.69, 9.17) is 4.52 Å². The van der Waals surface area contributed by atoms with E-state index in [-0.39, 0.29) is 11.8 Å². The molecule has 2 N–H and O–H groups in total. The van der Waals surface area contributed by atoms with Crippen molar-refractivity contribution in [1.82, 2.24) is 5.16 Å². The van der Waals surface area contributed by atoms with Crippen molar-refractivity contribution >= 4 is 23.3 Å². The van der Waals surface area contributed by atoms with E-state index in [2.05, 4.69) is 29.6 Å². The molecule has 6 heteroatoms. The molecule has 25 heavy (non-hydrogen) atoms. The molecule has 2 aromatic rings. The molecule has 1 heterocycles. The van der Waals surface area contributed by atoms with Gasteiger partial charge in [0.1, 0.15) is 11.2 Å². The first-order valence-electron chi connectivity index (χ1n) is 8.28. The lowest BCUT2D eigenvalue weighted by Gasteiger charge is -2.24. The summed E-state index contributed by atoms with van der Waals surface area (Å²) in [6.45, 7) is 11.0. The molecule has 0 atom stereocenters. The van der Waals surface area contributed by atoms with Gasteiger partial charge in [-0.25, -0.2) is 0 Å². The van der Waals surface area contributed by atoms with Crippen LogP contribution < -0.4 is 10.6 Å². The summed E-state index contributed by atoms with van der Waals surface area (Å²) in [5.74, 6) is 0.311. The summed E-state index contributed by atoms with van der Waals surface area (Å²) in [6, 6.07) is 7.49. The number of nitrogens with one attached hydrogen (secondary N) is 2. The number of hydrogen-bond acceptors (Lipinski definition) is 4. The molecule has 0 unspecified atom stereocenters. The van der Waals surface area contributed by atoms with E-state index in [1.807, 2.05) is 25.1 Å². The summed E-state index contributed by atoms with van der Waals surface area (Å²) in [5, 5.41) is 9.27. The average molecular weight is 343 g/mol. The number of anilines is 2. The minimum atomic E-state index is -1.27. The van der Waals surface area contributed by atoms with Gasteiger partial charge in [-0.1, -0.05) is 37.2 Å². The lowest BCUT2D eigenvalue weighted by atomic mass is 9.90. The summed E-state index contributed by atoms with van der Waals surface area (Å²) >= 11 is 0. The third-order valence-electron chi connectivity index (χ3n) is 4.17. The van der Waals surface area contributed by atoms with Gasteiger partial charge >= 0.3 is 0 Å². The van der Waals surface area contributed by atoms with Gasteiger partial charge in [-0.05, 0) is 44.7 Å². The monoisotopic (exact) mass is 343 g/mol. The summed E-state index contributed by atoms with van der Waals surface area (Å²) in [6.07, 6.45) is 0. The molecule has 0 saturated heterocycles. The highest BCUT2D eigenvalue weighted by Gasteiger charge is 2.37. The maximum absolute atomic E-state index is 12.8. The molecule has 2 amide bonds. The van der Waals surface area contributed by atoms with Crippen LogP contribution in [-0.4, -0.2) is 17.0 Å². The van der Waals surface area contributed by atoms with Crippen LogP contribution in [0.2, 0.25) is 0 Å². The van der Waals surface area contributed by atoms with Crippen LogP contribution in [0.5, 0.6) is 0 Å². The Labute approximate surface area is 148 Å². The summed E-state index contributed by atoms with van der Waals surface area (Å²) in [4.78, 5) is 25.3. The average Bonchev–Trinajstić information content (AvgIpc) is 2.93. The van der Waals surface area contributed by atoms with Crippen molar-refractivity contribution in [2.75, 3.05) is 10.6 Å². The molecule has 1 aromatic heterocycles. The zero-order chi connectivity index (χ0) is 18.8. The van der Waals surface area contributed by atoms with E-state index in [0.29, 0.717) is 11.6 Å². The number of nitrogens with zero attached hydrogens (tertiary/aromatic N) is 1. The number of para-hydroxylation sites is 1. The normalized spacial score (nSPS) is 11.5. The van der Waals surface area contributed by atoms with Gasteiger partial charge in [0.25, 0.3) is 0 Å². The van der Waals surface area contributed by atoms with E-state index in [1.165, 1.54) is 0 Å². The second kappa shape index (κ2) is 7.09. The molecular weight excluding hydrogens is 318 g/mol. The number of carbonyl (C=O) groups excluding carboxylic acids is 2. The fourth-order valence-electron chi connectivity index (χ4n) is 2.41. The fourth-order valence-corrected chi connectivity index (χ4v) is 2.41. The molecule has 1 aromatic carbocycles. The van der Waals surface area contributed by atoms with Crippen molar-refractivity contribution in [3.05, 3.63) is 41.2 Å². The number of aromatic nitrogens is 1. The van der Waals surface area contributed by atoms with Crippen LogP contribution in [0.3, 0.4) is 0 Å². The van der Waals surface area contributed by atoms with Crippen molar-refractivity contribution in [2.24, 2.45) is 5.41 Å². The number of benzene rings is 1. The Morgan fingerprint density at radius 3 is 2.32 bits per heavy atom. The lowest BCUT2D eigenvalue weighted by molar-refractivity contribution is -0.135. The first kappa shape index (κ1) is 18.7. The Morgan fingerprint density at radius 2 is 1.76 bits per heavy atom. The van der Waals surface area contributed by atoms with Crippen molar-refractivity contribution in [3.8, 4) is 0 Å². The lowest BCUT2D eigenvalue weighted by Crippen LogP contribution is -2.42. The minimum absolute atomic E-state index is 0.255. The summed E-state index contributed by atoms with van der Waals surface area (Å²) < 4.78 is 4.93. The molecule has 0 radical (unpaired) electrons. The second-order valence-electron chi connectivity index (χ2n) is 7.05. The van der Waals surface area contributed by atoms with E-state index in [1.54, 1.807) is 26.8 Å². The zero-order valence-corrected chi connectivity index (χ0v) is 15.6. The predicted molar refractivity (Wildman–Crippen MR) is 97.5 cm³/mol. The third kappa shape index (κ3) is 4.07. The highest BCUT2D eigenvalue weighted by molar-refractivity contribution is 6.14. The molecule has 0 aliphatic carbocycles. The van der Waals surface area contributed by atoms with Crippen molar-refractivity contribution in [2.45, 2.75) is 47.5 Å². The zero-order valence-electron chi connectivity index (χ0n) is 15.6. The van der Waals surface area contributed by atoms with Crippen molar-refractivity contribution < 1.29 is 14.1 Å². The molecule has 0 saturated carbocycles. The van der Waals surface area contributed by atoms with Crippen LogP contribution in [0, 0.1) is 19.3 Å². The topological polar surface area (TPSA) is 84.2 Å². The molecule has 0 spiro atoms. The van der Waals surface area contributed by atoms with Gasteiger partial charge in [-0.3, -0.25) is 9.59 Å². The number of rotatable bonds is 5. The van der Waals surface area contributed by atoms with Gasteiger partial charge in [0.2, 0.25) is 11.8 Å².